The van der Waals surface area contributed by atoms with Gasteiger partial charge in [-0.1, -0.05) is 49.6 Å². The first-order valence-corrected chi connectivity index (χ1v) is 9.67. The van der Waals surface area contributed by atoms with Crippen LogP contribution in [-0.2, 0) is 9.59 Å². The Kier molecular flexibility index (Phi) is 3.33. The van der Waals surface area contributed by atoms with E-state index in [2.05, 4.69) is 30.3 Å². The van der Waals surface area contributed by atoms with Crippen LogP contribution in [0.4, 0.5) is 0 Å². The number of carbonyl (C=O) groups is 2. The van der Waals surface area contributed by atoms with Gasteiger partial charge in [0.1, 0.15) is 0 Å². The summed E-state index contributed by atoms with van der Waals surface area (Å²) in [6.07, 6.45) is 7.79. The number of imide groups is 1. The van der Waals surface area contributed by atoms with Crippen LogP contribution in [0.2, 0.25) is 0 Å². The van der Waals surface area contributed by atoms with E-state index in [1.54, 1.807) is 4.90 Å². The number of rotatable bonds is 2. The zero-order valence-corrected chi connectivity index (χ0v) is 14.1. The van der Waals surface area contributed by atoms with Crippen LogP contribution in [0, 0.1) is 23.7 Å². The van der Waals surface area contributed by atoms with Gasteiger partial charge < -0.3 is 0 Å². The summed E-state index contributed by atoms with van der Waals surface area (Å²) in [5, 5.41) is 0. The molecular formula is C21H25NO2. The summed E-state index contributed by atoms with van der Waals surface area (Å²) in [6.45, 7) is 0. The van der Waals surface area contributed by atoms with Gasteiger partial charge in [0.05, 0.1) is 11.8 Å². The summed E-state index contributed by atoms with van der Waals surface area (Å²) in [5.74, 6) is 1.61. The highest BCUT2D eigenvalue weighted by Crippen LogP contribution is 2.61. The molecule has 5 rings (SSSR count). The molecule has 2 bridgehead atoms. The summed E-state index contributed by atoms with van der Waals surface area (Å²) in [7, 11) is 0. The Morgan fingerprint density at radius 3 is 2.29 bits per heavy atom. The second-order valence-electron chi connectivity index (χ2n) is 8.30. The molecule has 3 nitrogen and oxygen atoms in total. The first-order chi connectivity index (χ1) is 11.8. The molecule has 1 aromatic rings. The van der Waals surface area contributed by atoms with Gasteiger partial charge in [-0.3, -0.25) is 14.5 Å². The average Bonchev–Trinajstić information content (AvgIpc) is 3.28. The zero-order chi connectivity index (χ0) is 16.3. The lowest BCUT2D eigenvalue weighted by atomic mass is 9.73. The zero-order valence-electron chi connectivity index (χ0n) is 14.1. The van der Waals surface area contributed by atoms with Crippen molar-refractivity contribution in [3.05, 3.63) is 35.9 Å². The standard InChI is InChI=1S/C21H25NO2/c23-20-18-14-11-16(13-7-3-1-4-8-13)17(12-14)19(18)21(24)22(20)15-9-5-2-6-10-15/h1,3-4,7-8,14-19H,2,5-6,9-12H2. The molecule has 5 atom stereocenters. The maximum absolute atomic E-state index is 13.2. The average molecular weight is 323 g/mol. The molecule has 0 spiro atoms. The molecule has 1 saturated heterocycles. The molecule has 0 aromatic heterocycles. The van der Waals surface area contributed by atoms with Crippen molar-refractivity contribution in [1.29, 1.82) is 0 Å². The molecule has 1 aliphatic heterocycles. The molecule has 0 N–H and O–H groups in total. The predicted molar refractivity (Wildman–Crippen MR) is 91.1 cm³/mol. The predicted octanol–water partition coefficient (Wildman–Crippen LogP) is 3.74. The van der Waals surface area contributed by atoms with Crippen molar-refractivity contribution in [2.75, 3.05) is 0 Å². The lowest BCUT2D eigenvalue weighted by molar-refractivity contribution is -0.144. The minimum Gasteiger partial charge on any atom is -0.279 e. The lowest BCUT2D eigenvalue weighted by Crippen LogP contribution is -2.42. The van der Waals surface area contributed by atoms with Gasteiger partial charge in [0.25, 0.3) is 0 Å². The van der Waals surface area contributed by atoms with E-state index in [4.69, 9.17) is 0 Å². The van der Waals surface area contributed by atoms with E-state index in [9.17, 15) is 9.59 Å². The van der Waals surface area contributed by atoms with Gasteiger partial charge in [-0.2, -0.15) is 0 Å². The van der Waals surface area contributed by atoms with Crippen molar-refractivity contribution in [3.63, 3.8) is 0 Å². The highest BCUT2D eigenvalue weighted by Gasteiger charge is 2.64. The Balaban J connectivity index is 1.43. The lowest BCUT2D eigenvalue weighted by Gasteiger charge is -2.31. The molecule has 3 aliphatic carbocycles. The Labute approximate surface area is 143 Å². The fourth-order valence-corrected chi connectivity index (χ4v) is 6.27. The van der Waals surface area contributed by atoms with Crippen LogP contribution in [0.25, 0.3) is 0 Å². The quantitative estimate of drug-likeness (QED) is 0.778. The first kappa shape index (κ1) is 14.7. The van der Waals surface area contributed by atoms with Gasteiger partial charge in [0.2, 0.25) is 11.8 Å². The molecular weight excluding hydrogens is 298 g/mol. The van der Waals surface area contributed by atoms with Gasteiger partial charge in [0.15, 0.2) is 0 Å². The van der Waals surface area contributed by atoms with Crippen molar-refractivity contribution in [2.24, 2.45) is 23.7 Å². The molecule has 1 aromatic carbocycles. The Morgan fingerprint density at radius 2 is 1.54 bits per heavy atom. The summed E-state index contributed by atoms with van der Waals surface area (Å²) in [6, 6.07) is 10.8. The Bertz CT molecular complexity index is 664. The molecule has 126 valence electrons. The van der Waals surface area contributed by atoms with Gasteiger partial charge >= 0.3 is 0 Å². The molecule has 0 radical (unpaired) electrons. The summed E-state index contributed by atoms with van der Waals surface area (Å²) in [5.41, 5.74) is 1.36. The van der Waals surface area contributed by atoms with Gasteiger partial charge in [-0.25, -0.2) is 0 Å². The summed E-state index contributed by atoms with van der Waals surface area (Å²) in [4.78, 5) is 27.9. The molecule has 1 heterocycles. The van der Waals surface area contributed by atoms with E-state index in [-0.39, 0.29) is 29.7 Å². The molecule has 4 fully saturated rings. The van der Waals surface area contributed by atoms with Crippen molar-refractivity contribution >= 4 is 11.8 Å². The van der Waals surface area contributed by atoms with Crippen molar-refractivity contribution < 1.29 is 9.59 Å². The minimum atomic E-state index is -0.0246. The van der Waals surface area contributed by atoms with Crippen LogP contribution in [-0.4, -0.2) is 22.8 Å². The van der Waals surface area contributed by atoms with Crippen LogP contribution >= 0.6 is 0 Å². The van der Waals surface area contributed by atoms with E-state index in [1.807, 2.05) is 0 Å². The fraction of sp³-hybridized carbons (Fsp3) is 0.619. The van der Waals surface area contributed by atoms with Crippen LogP contribution in [0.3, 0.4) is 0 Å². The van der Waals surface area contributed by atoms with Crippen LogP contribution < -0.4 is 0 Å². The normalized spacial score (nSPS) is 38.8. The van der Waals surface area contributed by atoms with Gasteiger partial charge in [0, 0.05) is 6.04 Å². The highest BCUT2D eigenvalue weighted by atomic mass is 16.2. The van der Waals surface area contributed by atoms with E-state index in [1.165, 1.54) is 12.0 Å². The molecule has 5 unspecified atom stereocenters. The van der Waals surface area contributed by atoms with E-state index < -0.39 is 0 Å². The van der Waals surface area contributed by atoms with Crippen molar-refractivity contribution in [3.8, 4) is 0 Å². The van der Waals surface area contributed by atoms with Gasteiger partial charge in [-0.05, 0) is 49.0 Å². The van der Waals surface area contributed by atoms with E-state index in [0.717, 1.165) is 38.5 Å². The summed E-state index contributed by atoms with van der Waals surface area (Å²) >= 11 is 0. The van der Waals surface area contributed by atoms with Crippen molar-refractivity contribution in [1.82, 2.24) is 4.90 Å². The molecule has 3 saturated carbocycles. The number of hydrogen-bond donors (Lipinski definition) is 0. The van der Waals surface area contributed by atoms with Crippen LogP contribution in [0.1, 0.15) is 56.4 Å². The van der Waals surface area contributed by atoms with E-state index >= 15 is 0 Å². The highest BCUT2D eigenvalue weighted by molar-refractivity contribution is 6.06. The molecule has 4 aliphatic rings. The second-order valence-corrected chi connectivity index (χ2v) is 8.30. The number of likely N-dealkylation sites (tertiary alicyclic amines) is 1. The van der Waals surface area contributed by atoms with Crippen LogP contribution in [0.5, 0.6) is 0 Å². The third-order valence-corrected chi connectivity index (χ3v) is 7.22. The first-order valence-electron chi connectivity index (χ1n) is 9.67. The maximum Gasteiger partial charge on any atom is 0.233 e. The van der Waals surface area contributed by atoms with E-state index in [0.29, 0.717) is 17.8 Å². The monoisotopic (exact) mass is 323 g/mol. The third-order valence-electron chi connectivity index (χ3n) is 7.22. The largest absolute Gasteiger partial charge is 0.279 e. The second kappa shape index (κ2) is 5.44. The Hall–Kier alpha value is -1.64. The number of carbonyl (C=O) groups excluding carboxylic acids is 2. The summed E-state index contributed by atoms with van der Waals surface area (Å²) < 4.78 is 0. The third kappa shape index (κ3) is 1.96. The fourth-order valence-electron chi connectivity index (χ4n) is 6.27. The van der Waals surface area contributed by atoms with Crippen LogP contribution in [0.15, 0.2) is 30.3 Å². The smallest absolute Gasteiger partial charge is 0.233 e. The Morgan fingerprint density at radius 1 is 0.833 bits per heavy atom. The number of fused-ring (bicyclic) bond motifs is 5. The van der Waals surface area contributed by atoms with Gasteiger partial charge in [-0.15, -0.1) is 0 Å². The number of hydrogen-bond acceptors (Lipinski definition) is 2. The minimum absolute atomic E-state index is 0.00406. The molecule has 2 amide bonds. The topological polar surface area (TPSA) is 37.4 Å². The van der Waals surface area contributed by atoms with Crippen molar-refractivity contribution in [2.45, 2.75) is 56.9 Å². The number of benzene rings is 1. The maximum atomic E-state index is 13.2. The number of nitrogens with zero attached hydrogens (tertiary/aromatic N) is 1. The number of amides is 2. The molecule has 3 heteroatoms. The molecule has 24 heavy (non-hydrogen) atoms. The SMILES string of the molecule is O=C1C2C3CC(c4ccccc4)C(C3)C2C(=O)N1C1CCCCC1.